The van der Waals surface area contributed by atoms with Crippen molar-refractivity contribution < 1.29 is 19.1 Å². The van der Waals surface area contributed by atoms with Gasteiger partial charge in [-0.2, -0.15) is 0 Å². The van der Waals surface area contributed by atoms with Crippen LogP contribution in [0.5, 0.6) is 0 Å². The molecular formula is C19H36O4. The van der Waals surface area contributed by atoms with Crippen LogP contribution in [-0.4, -0.2) is 24.6 Å². The van der Waals surface area contributed by atoms with E-state index in [1.54, 1.807) is 0 Å². The molecule has 23 heavy (non-hydrogen) atoms. The number of carbonyl (C=O) groups excluding carboxylic acids is 2. The molecule has 4 heteroatoms. The standard InChI is InChI=1S/C19H36O4/c1-4-7-9-11-13-18(20)22-16-15-17(6-3)23-19(21)14-12-10-8-5-2/h17H,4-16H2,1-3H3. The van der Waals surface area contributed by atoms with E-state index in [-0.39, 0.29) is 18.0 Å². The molecule has 0 spiro atoms. The van der Waals surface area contributed by atoms with Gasteiger partial charge < -0.3 is 9.47 Å². The van der Waals surface area contributed by atoms with E-state index >= 15 is 0 Å². The van der Waals surface area contributed by atoms with Crippen molar-refractivity contribution in [2.75, 3.05) is 6.61 Å². The second-order valence-corrected chi connectivity index (χ2v) is 6.15. The molecule has 0 saturated heterocycles. The van der Waals surface area contributed by atoms with Crippen LogP contribution in [0.4, 0.5) is 0 Å². The summed E-state index contributed by atoms with van der Waals surface area (Å²) in [5.74, 6) is -0.263. The maximum Gasteiger partial charge on any atom is 0.306 e. The van der Waals surface area contributed by atoms with Crippen molar-refractivity contribution in [3.63, 3.8) is 0 Å². The van der Waals surface area contributed by atoms with Gasteiger partial charge in [0.05, 0.1) is 6.61 Å². The Morgan fingerprint density at radius 3 is 1.87 bits per heavy atom. The van der Waals surface area contributed by atoms with Crippen molar-refractivity contribution in [3.05, 3.63) is 0 Å². The molecule has 136 valence electrons. The molecule has 1 atom stereocenters. The fourth-order valence-corrected chi connectivity index (χ4v) is 2.36. The van der Waals surface area contributed by atoms with Gasteiger partial charge in [-0.3, -0.25) is 9.59 Å². The van der Waals surface area contributed by atoms with Crippen LogP contribution in [0.15, 0.2) is 0 Å². The lowest BCUT2D eigenvalue weighted by atomic mass is 10.1. The summed E-state index contributed by atoms with van der Waals surface area (Å²) in [6, 6.07) is 0. The van der Waals surface area contributed by atoms with Crippen molar-refractivity contribution >= 4 is 11.9 Å². The molecule has 0 aliphatic heterocycles. The van der Waals surface area contributed by atoms with E-state index in [4.69, 9.17) is 9.47 Å². The van der Waals surface area contributed by atoms with Gasteiger partial charge in [-0.25, -0.2) is 0 Å². The normalized spacial score (nSPS) is 12.0. The van der Waals surface area contributed by atoms with Gasteiger partial charge in [0, 0.05) is 19.3 Å². The van der Waals surface area contributed by atoms with Crippen molar-refractivity contribution in [1.29, 1.82) is 0 Å². The van der Waals surface area contributed by atoms with Crippen LogP contribution in [0.25, 0.3) is 0 Å². The lowest BCUT2D eigenvalue weighted by molar-refractivity contribution is -0.151. The van der Waals surface area contributed by atoms with Crippen LogP contribution in [0.2, 0.25) is 0 Å². The molecule has 4 nitrogen and oxygen atoms in total. The highest BCUT2D eigenvalue weighted by molar-refractivity contribution is 5.69. The average Bonchev–Trinajstić information content (AvgIpc) is 2.54. The number of ether oxygens (including phenoxy) is 2. The smallest absolute Gasteiger partial charge is 0.306 e. The molecule has 0 bridgehead atoms. The first kappa shape index (κ1) is 21.9. The highest BCUT2D eigenvalue weighted by atomic mass is 16.6. The fraction of sp³-hybridized carbons (Fsp3) is 0.895. The quantitative estimate of drug-likeness (QED) is 0.307. The summed E-state index contributed by atoms with van der Waals surface area (Å²) >= 11 is 0. The first-order valence-electron chi connectivity index (χ1n) is 9.49. The molecule has 0 fully saturated rings. The number of esters is 2. The third kappa shape index (κ3) is 14.3. The minimum absolute atomic E-state index is 0.126. The van der Waals surface area contributed by atoms with Crippen LogP contribution in [0, 0.1) is 0 Å². The second kappa shape index (κ2) is 15.8. The largest absolute Gasteiger partial charge is 0.466 e. The van der Waals surface area contributed by atoms with Gasteiger partial charge in [0.15, 0.2) is 0 Å². The maximum absolute atomic E-state index is 11.7. The third-order valence-corrected chi connectivity index (χ3v) is 3.93. The number of carbonyl (C=O) groups is 2. The zero-order valence-corrected chi connectivity index (χ0v) is 15.4. The van der Waals surface area contributed by atoms with Gasteiger partial charge in [0.2, 0.25) is 0 Å². The average molecular weight is 328 g/mol. The molecule has 0 aromatic heterocycles. The maximum atomic E-state index is 11.7. The van der Waals surface area contributed by atoms with Crippen molar-refractivity contribution in [2.45, 2.75) is 104 Å². The van der Waals surface area contributed by atoms with E-state index < -0.39 is 0 Å². The van der Waals surface area contributed by atoms with Crippen LogP contribution in [0.3, 0.4) is 0 Å². The second-order valence-electron chi connectivity index (χ2n) is 6.15. The summed E-state index contributed by atoms with van der Waals surface area (Å²) in [7, 11) is 0. The topological polar surface area (TPSA) is 52.6 Å². The summed E-state index contributed by atoms with van der Waals surface area (Å²) in [5, 5.41) is 0. The van der Waals surface area contributed by atoms with Gasteiger partial charge in [-0.1, -0.05) is 59.3 Å². The molecule has 0 saturated carbocycles. The first-order chi connectivity index (χ1) is 11.1. The zero-order chi connectivity index (χ0) is 17.3. The molecule has 0 aromatic carbocycles. The lowest BCUT2D eigenvalue weighted by Crippen LogP contribution is -2.20. The van der Waals surface area contributed by atoms with Gasteiger partial charge in [0.25, 0.3) is 0 Å². The van der Waals surface area contributed by atoms with Crippen molar-refractivity contribution in [1.82, 2.24) is 0 Å². The van der Waals surface area contributed by atoms with E-state index in [2.05, 4.69) is 13.8 Å². The molecule has 0 aromatic rings. The zero-order valence-electron chi connectivity index (χ0n) is 15.4. The third-order valence-electron chi connectivity index (χ3n) is 3.93. The summed E-state index contributed by atoms with van der Waals surface area (Å²) in [6.07, 6.45) is 10.8. The summed E-state index contributed by atoms with van der Waals surface area (Å²) < 4.78 is 10.7. The lowest BCUT2D eigenvalue weighted by Gasteiger charge is -2.16. The SMILES string of the molecule is CCCCCCC(=O)OCCC(CC)OC(=O)CCCCCC. The Balaban J connectivity index is 3.71. The molecule has 0 aliphatic rings. The molecule has 1 unspecified atom stereocenters. The first-order valence-corrected chi connectivity index (χ1v) is 9.49. The van der Waals surface area contributed by atoms with E-state index in [0.717, 1.165) is 44.9 Å². The Morgan fingerprint density at radius 2 is 1.35 bits per heavy atom. The molecule has 0 aliphatic carbocycles. The number of rotatable bonds is 15. The summed E-state index contributed by atoms with van der Waals surface area (Å²) in [5.41, 5.74) is 0. The molecule has 0 N–H and O–H groups in total. The molecule has 0 heterocycles. The van der Waals surface area contributed by atoms with E-state index in [1.807, 2.05) is 6.92 Å². The summed E-state index contributed by atoms with van der Waals surface area (Å²) in [4.78, 5) is 23.3. The molecular weight excluding hydrogens is 292 g/mol. The van der Waals surface area contributed by atoms with E-state index in [9.17, 15) is 9.59 Å². The van der Waals surface area contributed by atoms with Gasteiger partial charge >= 0.3 is 11.9 Å². The highest BCUT2D eigenvalue weighted by Crippen LogP contribution is 2.10. The van der Waals surface area contributed by atoms with E-state index in [1.165, 1.54) is 12.8 Å². The van der Waals surface area contributed by atoms with E-state index in [0.29, 0.717) is 25.9 Å². The van der Waals surface area contributed by atoms with Gasteiger partial charge in [0.1, 0.15) is 6.10 Å². The number of unbranched alkanes of at least 4 members (excludes halogenated alkanes) is 6. The monoisotopic (exact) mass is 328 g/mol. The Hall–Kier alpha value is -1.06. The Morgan fingerprint density at radius 1 is 0.783 bits per heavy atom. The van der Waals surface area contributed by atoms with Crippen LogP contribution >= 0.6 is 0 Å². The molecule has 0 amide bonds. The van der Waals surface area contributed by atoms with Crippen LogP contribution < -0.4 is 0 Å². The van der Waals surface area contributed by atoms with Crippen LogP contribution in [-0.2, 0) is 19.1 Å². The molecule has 0 rings (SSSR count). The minimum atomic E-state index is -0.137. The number of hydrogen-bond acceptors (Lipinski definition) is 4. The van der Waals surface area contributed by atoms with Gasteiger partial charge in [-0.05, 0) is 19.3 Å². The Bertz CT molecular complexity index is 302. The predicted molar refractivity (Wildman–Crippen MR) is 93.3 cm³/mol. The summed E-state index contributed by atoms with van der Waals surface area (Å²) in [6.45, 7) is 6.63. The van der Waals surface area contributed by atoms with Crippen molar-refractivity contribution in [3.8, 4) is 0 Å². The Kier molecular flexibility index (Phi) is 15.1. The Labute approximate surface area is 142 Å². The highest BCUT2D eigenvalue weighted by Gasteiger charge is 2.13. The predicted octanol–water partition coefficient (Wildman–Crippen LogP) is 5.18. The number of hydrogen-bond donors (Lipinski definition) is 0. The van der Waals surface area contributed by atoms with Gasteiger partial charge in [-0.15, -0.1) is 0 Å². The minimum Gasteiger partial charge on any atom is -0.466 e. The molecule has 0 radical (unpaired) electrons. The van der Waals surface area contributed by atoms with Crippen LogP contribution in [0.1, 0.15) is 97.8 Å². The fourth-order valence-electron chi connectivity index (χ4n) is 2.36. The van der Waals surface area contributed by atoms with Crippen molar-refractivity contribution in [2.24, 2.45) is 0 Å².